The van der Waals surface area contributed by atoms with Gasteiger partial charge in [0.05, 0.1) is 16.7 Å². The van der Waals surface area contributed by atoms with Crippen LogP contribution in [0.4, 0.5) is 15.8 Å². The molecule has 4 nitrogen and oxygen atoms in total. The Kier molecular flexibility index (Phi) is 3.18. The fourth-order valence-electron chi connectivity index (χ4n) is 4.25. The van der Waals surface area contributed by atoms with Gasteiger partial charge in [0.2, 0.25) is 5.72 Å². The number of pyridine rings is 1. The molecule has 2 aliphatic heterocycles. The Balaban J connectivity index is 1.73. The summed E-state index contributed by atoms with van der Waals surface area (Å²) in [6.45, 7) is 4.07. The van der Waals surface area contributed by atoms with Crippen LogP contribution in [0, 0.1) is 5.82 Å². The molecule has 0 bridgehead atoms. The number of halogens is 2. The number of aromatic nitrogens is 1. The average molecular weight is 382 g/mol. The molecule has 2 aliphatic rings. The predicted octanol–water partition coefficient (Wildman–Crippen LogP) is 5.25. The Hall–Kier alpha value is -2.66. The molecule has 27 heavy (non-hydrogen) atoms. The zero-order valence-corrected chi connectivity index (χ0v) is 15.9. The summed E-state index contributed by atoms with van der Waals surface area (Å²) in [4.78, 5) is 11.2. The number of hydrogen-bond acceptors (Lipinski definition) is 4. The minimum atomic E-state index is -0.887. The molecule has 6 heteroatoms. The molecule has 0 amide bonds. The first-order valence-corrected chi connectivity index (χ1v) is 9.08. The van der Waals surface area contributed by atoms with Gasteiger partial charge in [-0.25, -0.2) is 9.38 Å². The Bertz CT molecular complexity index is 1140. The second-order valence-corrected chi connectivity index (χ2v) is 7.91. The monoisotopic (exact) mass is 381 g/mol. The van der Waals surface area contributed by atoms with Crippen LogP contribution in [0.2, 0.25) is 5.02 Å². The van der Waals surface area contributed by atoms with Gasteiger partial charge in [0, 0.05) is 30.4 Å². The van der Waals surface area contributed by atoms with E-state index < -0.39 is 11.1 Å². The molecule has 0 radical (unpaired) electrons. The summed E-state index contributed by atoms with van der Waals surface area (Å²) >= 11 is 6.47. The Morgan fingerprint density at radius 1 is 1.19 bits per heavy atom. The Morgan fingerprint density at radius 2 is 2.00 bits per heavy atom. The lowest BCUT2D eigenvalue weighted by molar-refractivity contribution is 0.0826. The standard InChI is InChI=1S/C21H17ClFN3O/c1-20(2)14-9-12(23)6-7-16(14)26(3)21(20)11-25-19-17(27-21)10-15(22)13-5-4-8-24-18(13)19/h4-11H,1-3H3. The van der Waals surface area contributed by atoms with Crippen molar-refractivity contribution in [1.29, 1.82) is 0 Å². The minimum Gasteiger partial charge on any atom is -0.459 e. The number of aliphatic imine (C=N–C) groups is 1. The van der Waals surface area contributed by atoms with Crippen molar-refractivity contribution in [2.24, 2.45) is 4.99 Å². The van der Waals surface area contributed by atoms with Gasteiger partial charge >= 0.3 is 0 Å². The molecule has 1 unspecified atom stereocenters. The van der Waals surface area contributed by atoms with Crippen molar-refractivity contribution in [2.45, 2.75) is 25.0 Å². The fourth-order valence-corrected chi connectivity index (χ4v) is 4.50. The first-order valence-electron chi connectivity index (χ1n) is 8.70. The topological polar surface area (TPSA) is 37.7 Å². The van der Waals surface area contributed by atoms with Gasteiger partial charge in [0.25, 0.3) is 0 Å². The van der Waals surface area contributed by atoms with Crippen molar-refractivity contribution < 1.29 is 9.13 Å². The average Bonchev–Trinajstić information content (AvgIpc) is 2.80. The number of benzene rings is 2. The van der Waals surface area contributed by atoms with Gasteiger partial charge in [-0.15, -0.1) is 0 Å². The van der Waals surface area contributed by atoms with E-state index in [0.29, 0.717) is 22.0 Å². The lowest BCUT2D eigenvalue weighted by atomic mass is 9.77. The first kappa shape index (κ1) is 16.5. The minimum absolute atomic E-state index is 0.265. The highest BCUT2D eigenvalue weighted by Gasteiger charge is 2.58. The second kappa shape index (κ2) is 5.20. The van der Waals surface area contributed by atoms with Crippen LogP contribution in [0.5, 0.6) is 5.75 Å². The summed E-state index contributed by atoms with van der Waals surface area (Å²) < 4.78 is 20.5. The summed E-state index contributed by atoms with van der Waals surface area (Å²) in [5, 5.41) is 1.39. The first-order chi connectivity index (χ1) is 12.8. The highest BCUT2D eigenvalue weighted by atomic mass is 35.5. The number of ether oxygens (including phenoxy) is 1. The third kappa shape index (κ3) is 1.98. The third-order valence-corrected chi connectivity index (χ3v) is 6.11. The molecular weight excluding hydrogens is 365 g/mol. The van der Waals surface area contributed by atoms with E-state index in [1.807, 2.05) is 37.9 Å². The van der Waals surface area contributed by atoms with Crippen LogP contribution >= 0.6 is 11.6 Å². The van der Waals surface area contributed by atoms with E-state index in [-0.39, 0.29) is 5.82 Å². The van der Waals surface area contributed by atoms with Crippen LogP contribution < -0.4 is 9.64 Å². The molecule has 0 N–H and O–H groups in total. The number of nitrogens with zero attached hydrogens (tertiary/aromatic N) is 3. The SMILES string of the molecule is CN1c2ccc(F)cc2C(C)(C)C12C=Nc1c(cc(Cl)c3cccnc13)O2. The summed E-state index contributed by atoms with van der Waals surface area (Å²) in [6, 6.07) is 10.4. The van der Waals surface area contributed by atoms with Gasteiger partial charge in [-0.2, -0.15) is 0 Å². The van der Waals surface area contributed by atoms with Gasteiger partial charge in [0.15, 0.2) is 5.75 Å². The van der Waals surface area contributed by atoms with E-state index in [9.17, 15) is 4.39 Å². The maximum absolute atomic E-state index is 13.9. The molecule has 136 valence electrons. The number of rotatable bonds is 0. The molecule has 0 saturated carbocycles. The van der Waals surface area contributed by atoms with Crippen LogP contribution in [0.15, 0.2) is 47.6 Å². The maximum atomic E-state index is 13.9. The molecule has 0 fully saturated rings. The lowest BCUT2D eigenvalue weighted by Crippen LogP contribution is -2.61. The largest absolute Gasteiger partial charge is 0.459 e. The van der Waals surface area contributed by atoms with E-state index in [0.717, 1.165) is 16.6 Å². The smallest absolute Gasteiger partial charge is 0.228 e. The summed E-state index contributed by atoms with van der Waals surface area (Å²) in [5.41, 5.74) is 1.74. The van der Waals surface area contributed by atoms with Crippen LogP contribution in [-0.2, 0) is 5.41 Å². The summed E-state index contributed by atoms with van der Waals surface area (Å²) in [6.07, 6.45) is 3.51. The molecule has 0 saturated heterocycles. The molecule has 2 aromatic carbocycles. The number of hydrogen-bond donors (Lipinski definition) is 0. The summed E-state index contributed by atoms with van der Waals surface area (Å²) in [7, 11) is 1.93. The van der Waals surface area contributed by atoms with E-state index in [4.69, 9.17) is 21.3 Å². The van der Waals surface area contributed by atoms with Gasteiger partial charge in [-0.1, -0.05) is 11.6 Å². The normalized spacial score (nSPS) is 22.0. The van der Waals surface area contributed by atoms with E-state index in [2.05, 4.69) is 4.98 Å². The molecule has 5 rings (SSSR count). The molecule has 1 spiro atoms. The maximum Gasteiger partial charge on any atom is 0.228 e. The molecule has 1 aromatic heterocycles. The van der Waals surface area contributed by atoms with Crippen LogP contribution in [-0.4, -0.2) is 24.0 Å². The van der Waals surface area contributed by atoms with Crippen LogP contribution in [0.1, 0.15) is 19.4 Å². The van der Waals surface area contributed by atoms with Gasteiger partial charge in [0.1, 0.15) is 17.0 Å². The van der Waals surface area contributed by atoms with Crippen molar-refractivity contribution in [3.63, 3.8) is 0 Å². The molecule has 0 aliphatic carbocycles. The molecule has 1 atom stereocenters. The van der Waals surface area contributed by atoms with Crippen LogP contribution in [0.3, 0.4) is 0 Å². The van der Waals surface area contributed by atoms with E-state index in [1.54, 1.807) is 30.6 Å². The molecule has 3 aromatic rings. The van der Waals surface area contributed by atoms with E-state index in [1.165, 1.54) is 6.07 Å². The Morgan fingerprint density at radius 3 is 2.81 bits per heavy atom. The van der Waals surface area contributed by atoms with Gasteiger partial charge in [-0.05, 0) is 49.7 Å². The number of fused-ring (bicyclic) bond motifs is 4. The Labute approximate surface area is 161 Å². The second-order valence-electron chi connectivity index (χ2n) is 7.51. The highest BCUT2D eigenvalue weighted by molar-refractivity contribution is 6.36. The van der Waals surface area contributed by atoms with Crippen molar-refractivity contribution in [1.82, 2.24) is 4.98 Å². The van der Waals surface area contributed by atoms with Gasteiger partial charge < -0.3 is 9.64 Å². The fraction of sp³-hybridized carbons (Fsp3) is 0.238. The van der Waals surface area contributed by atoms with Crippen molar-refractivity contribution in [3.8, 4) is 5.75 Å². The zero-order chi connectivity index (χ0) is 19.0. The quantitative estimate of drug-likeness (QED) is 0.534. The van der Waals surface area contributed by atoms with Crippen molar-refractivity contribution in [2.75, 3.05) is 11.9 Å². The highest BCUT2D eigenvalue weighted by Crippen LogP contribution is 2.54. The predicted molar refractivity (Wildman–Crippen MR) is 106 cm³/mol. The molecule has 3 heterocycles. The van der Waals surface area contributed by atoms with Crippen LogP contribution in [0.25, 0.3) is 10.9 Å². The van der Waals surface area contributed by atoms with Gasteiger partial charge in [-0.3, -0.25) is 4.98 Å². The third-order valence-electron chi connectivity index (χ3n) is 5.80. The number of anilines is 1. The van der Waals surface area contributed by atoms with Crippen molar-refractivity contribution >= 4 is 40.1 Å². The zero-order valence-electron chi connectivity index (χ0n) is 15.1. The van der Waals surface area contributed by atoms with E-state index >= 15 is 0 Å². The van der Waals surface area contributed by atoms with Crippen molar-refractivity contribution in [3.05, 3.63) is 59.0 Å². The lowest BCUT2D eigenvalue weighted by Gasteiger charge is -2.44. The summed E-state index contributed by atoms with van der Waals surface area (Å²) in [5.74, 6) is 0.306. The molecular formula is C21H17ClFN3O. The number of likely N-dealkylation sites (N-methyl/N-ethyl adjacent to an activating group) is 1.